The second-order valence-electron chi connectivity index (χ2n) is 9.77. The van der Waals surface area contributed by atoms with Crippen molar-refractivity contribution in [3.63, 3.8) is 0 Å². The number of aromatic nitrogens is 3. The fourth-order valence-corrected chi connectivity index (χ4v) is 4.48. The van der Waals surface area contributed by atoms with Gasteiger partial charge in [0.1, 0.15) is 16.8 Å². The van der Waals surface area contributed by atoms with E-state index < -0.39 is 17.4 Å². The molecule has 2 N–H and O–H groups in total. The fourth-order valence-electron chi connectivity index (χ4n) is 4.48. The van der Waals surface area contributed by atoms with Crippen molar-refractivity contribution in [2.24, 2.45) is 5.41 Å². The SMILES string of the molecule is CC(C)(C)[C@@H]1Cn2nc3c(OCCCCCC(=O)O)cccc3c2-c2cc(=O)c(C(=O)O)cn21. The summed E-state index contributed by atoms with van der Waals surface area (Å²) in [5.41, 5.74) is 1.07. The van der Waals surface area contributed by atoms with Gasteiger partial charge in [-0.05, 0) is 30.7 Å². The third-order valence-electron chi connectivity index (χ3n) is 6.26. The van der Waals surface area contributed by atoms with Gasteiger partial charge in [0.2, 0.25) is 0 Å². The molecule has 2 aromatic heterocycles. The molecule has 9 heteroatoms. The molecule has 180 valence electrons. The number of pyridine rings is 1. The van der Waals surface area contributed by atoms with E-state index in [-0.39, 0.29) is 23.4 Å². The van der Waals surface area contributed by atoms with E-state index in [9.17, 15) is 19.5 Å². The summed E-state index contributed by atoms with van der Waals surface area (Å²) >= 11 is 0. The van der Waals surface area contributed by atoms with Crippen LogP contribution in [0.5, 0.6) is 5.75 Å². The Hall–Kier alpha value is -3.62. The molecular formula is C25H29N3O6. The summed E-state index contributed by atoms with van der Waals surface area (Å²) < 4.78 is 9.78. The molecule has 1 atom stereocenters. The van der Waals surface area contributed by atoms with Crippen LogP contribution in [0.1, 0.15) is 62.9 Å². The normalized spacial score (nSPS) is 15.1. The largest absolute Gasteiger partial charge is 0.491 e. The summed E-state index contributed by atoms with van der Waals surface area (Å²) in [6.07, 6.45) is 3.72. The lowest BCUT2D eigenvalue weighted by molar-refractivity contribution is -0.137. The molecule has 34 heavy (non-hydrogen) atoms. The molecule has 0 saturated carbocycles. The number of ether oxygens (including phenoxy) is 1. The van der Waals surface area contributed by atoms with E-state index in [2.05, 4.69) is 20.8 Å². The van der Waals surface area contributed by atoms with Gasteiger partial charge in [-0.25, -0.2) is 4.79 Å². The van der Waals surface area contributed by atoms with E-state index in [1.54, 1.807) is 0 Å². The molecule has 0 unspecified atom stereocenters. The lowest BCUT2D eigenvalue weighted by Crippen LogP contribution is -2.35. The second kappa shape index (κ2) is 8.96. The summed E-state index contributed by atoms with van der Waals surface area (Å²) in [6.45, 7) is 7.20. The molecule has 0 fully saturated rings. The third-order valence-corrected chi connectivity index (χ3v) is 6.26. The molecule has 9 nitrogen and oxygen atoms in total. The van der Waals surface area contributed by atoms with Crippen molar-refractivity contribution < 1.29 is 24.5 Å². The summed E-state index contributed by atoms with van der Waals surface area (Å²) in [6, 6.07) is 6.92. The second-order valence-corrected chi connectivity index (χ2v) is 9.77. The average molecular weight is 468 g/mol. The highest BCUT2D eigenvalue weighted by molar-refractivity contribution is 5.96. The molecule has 0 bridgehead atoms. The maximum absolute atomic E-state index is 12.6. The van der Waals surface area contributed by atoms with Crippen LogP contribution in [-0.4, -0.2) is 43.1 Å². The van der Waals surface area contributed by atoms with Crippen molar-refractivity contribution in [1.82, 2.24) is 14.3 Å². The van der Waals surface area contributed by atoms with Crippen molar-refractivity contribution in [1.29, 1.82) is 0 Å². The van der Waals surface area contributed by atoms with Crippen LogP contribution < -0.4 is 10.2 Å². The quantitative estimate of drug-likeness (QED) is 0.476. The first-order valence-electron chi connectivity index (χ1n) is 11.4. The highest BCUT2D eigenvalue weighted by Crippen LogP contribution is 2.43. The smallest absolute Gasteiger partial charge is 0.341 e. The molecule has 3 aromatic rings. The average Bonchev–Trinajstić information content (AvgIpc) is 3.13. The van der Waals surface area contributed by atoms with Crippen LogP contribution in [-0.2, 0) is 11.3 Å². The lowest BCUT2D eigenvalue weighted by Gasteiger charge is -2.38. The number of hydrogen-bond donors (Lipinski definition) is 2. The van der Waals surface area contributed by atoms with E-state index in [1.165, 1.54) is 12.3 Å². The molecular weight excluding hydrogens is 438 g/mol. The number of nitrogens with zero attached hydrogens (tertiary/aromatic N) is 3. The predicted octanol–water partition coefficient (Wildman–Crippen LogP) is 4.19. The molecule has 1 aliphatic rings. The summed E-state index contributed by atoms with van der Waals surface area (Å²) in [5.74, 6) is -1.41. The number of benzene rings is 1. The minimum Gasteiger partial charge on any atom is -0.491 e. The maximum Gasteiger partial charge on any atom is 0.341 e. The van der Waals surface area contributed by atoms with Crippen molar-refractivity contribution in [3.8, 4) is 17.1 Å². The predicted molar refractivity (Wildman–Crippen MR) is 126 cm³/mol. The van der Waals surface area contributed by atoms with Crippen LogP contribution in [0.15, 0.2) is 35.3 Å². The minimum atomic E-state index is -1.24. The zero-order valence-corrected chi connectivity index (χ0v) is 19.6. The zero-order chi connectivity index (χ0) is 24.6. The van der Waals surface area contributed by atoms with Gasteiger partial charge in [-0.15, -0.1) is 0 Å². The highest BCUT2D eigenvalue weighted by atomic mass is 16.5. The number of rotatable bonds is 8. The lowest BCUT2D eigenvalue weighted by atomic mass is 9.85. The Labute approximate surface area is 196 Å². The molecule has 0 aliphatic carbocycles. The monoisotopic (exact) mass is 467 g/mol. The van der Waals surface area contributed by atoms with Crippen LogP contribution in [0, 0.1) is 5.41 Å². The van der Waals surface area contributed by atoms with Crippen LogP contribution >= 0.6 is 0 Å². The third kappa shape index (κ3) is 4.42. The fraction of sp³-hybridized carbons (Fsp3) is 0.440. The number of carbonyl (C=O) groups is 2. The summed E-state index contributed by atoms with van der Waals surface area (Å²) in [5, 5.41) is 23.9. The zero-order valence-electron chi connectivity index (χ0n) is 19.6. The van der Waals surface area contributed by atoms with E-state index >= 15 is 0 Å². The first-order chi connectivity index (χ1) is 16.1. The van der Waals surface area contributed by atoms with Crippen molar-refractivity contribution in [3.05, 3.63) is 46.2 Å². The van der Waals surface area contributed by atoms with Gasteiger partial charge in [0.25, 0.3) is 0 Å². The van der Waals surface area contributed by atoms with Crippen molar-refractivity contribution >= 4 is 22.8 Å². The number of fused-ring (bicyclic) bond motifs is 5. The Morgan fingerprint density at radius 2 is 1.94 bits per heavy atom. The molecule has 1 aromatic carbocycles. The first-order valence-corrected chi connectivity index (χ1v) is 11.4. The summed E-state index contributed by atoms with van der Waals surface area (Å²) in [7, 11) is 0. The highest BCUT2D eigenvalue weighted by Gasteiger charge is 2.35. The van der Waals surface area contributed by atoms with Crippen LogP contribution in [0.2, 0.25) is 0 Å². The van der Waals surface area contributed by atoms with Gasteiger partial charge in [0.05, 0.1) is 30.6 Å². The van der Waals surface area contributed by atoms with Gasteiger partial charge in [-0.1, -0.05) is 32.9 Å². The molecule has 0 saturated heterocycles. The molecule has 3 heterocycles. The summed E-state index contributed by atoms with van der Waals surface area (Å²) in [4.78, 5) is 34.9. The van der Waals surface area contributed by atoms with Crippen LogP contribution in [0.25, 0.3) is 22.3 Å². The molecule has 0 amide bonds. The number of hydrogen-bond acceptors (Lipinski definition) is 5. The maximum atomic E-state index is 12.6. The van der Waals surface area contributed by atoms with Crippen molar-refractivity contribution in [2.75, 3.05) is 6.61 Å². The van der Waals surface area contributed by atoms with E-state index in [0.717, 1.165) is 23.9 Å². The van der Waals surface area contributed by atoms with E-state index in [4.69, 9.17) is 14.9 Å². The van der Waals surface area contributed by atoms with Gasteiger partial charge in [0, 0.05) is 24.1 Å². The van der Waals surface area contributed by atoms with Gasteiger partial charge >= 0.3 is 11.9 Å². The number of carboxylic acids is 2. The van der Waals surface area contributed by atoms with Gasteiger partial charge in [-0.3, -0.25) is 14.3 Å². The van der Waals surface area contributed by atoms with E-state index in [1.807, 2.05) is 27.4 Å². The number of aromatic carboxylic acids is 1. The molecule has 1 aliphatic heterocycles. The Morgan fingerprint density at radius 3 is 2.62 bits per heavy atom. The molecule has 0 spiro atoms. The van der Waals surface area contributed by atoms with E-state index in [0.29, 0.717) is 36.5 Å². The van der Waals surface area contributed by atoms with Crippen LogP contribution in [0.4, 0.5) is 0 Å². The minimum absolute atomic E-state index is 0.110. The first kappa shape index (κ1) is 23.5. The van der Waals surface area contributed by atoms with Crippen LogP contribution in [0.3, 0.4) is 0 Å². The van der Waals surface area contributed by atoms with Gasteiger partial charge in [0.15, 0.2) is 5.43 Å². The van der Waals surface area contributed by atoms with Gasteiger partial charge in [-0.2, -0.15) is 5.10 Å². The van der Waals surface area contributed by atoms with Gasteiger partial charge < -0.3 is 19.5 Å². The number of carboxylic acid groups (broad SMARTS) is 2. The molecule has 0 radical (unpaired) electrons. The number of aliphatic carboxylic acids is 1. The Kier molecular flexibility index (Phi) is 6.20. The van der Waals surface area contributed by atoms with Crippen molar-refractivity contribution in [2.45, 2.75) is 59.0 Å². The Bertz CT molecular complexity index is 1310. The standard InChI is InChI=1S/C25H29N3O6/c1-25(2,3)20-14-28-23(17-12-18(29)16(24(32)33)13-27(17)20)15-8-7-9-19(22(15)26-28)34-11-6-4-5-10-21(30)31/h7-9,12-13,20H,4-6,10-11,14H2,1-3H3,(H,30,31)(H,32,33)/t20-/m0/s1. The number of unbranched alkanes of at least 4 members (excludes halogenated alkanes) is 2. The Balaban J connectivity index is 1.73. The topological polar surface area (TPSA) is 124 Å². The Morgan fingerprint density at radius 1 is 1.18 bits per heavy atom. The molecule has 4 rings (SSSR count).